The molecule has 0 atom stereocenters. The molecule has 1 aromatic heterocycles. The minimum Gasteiger partial charge on any atom is -1.00 e. The molecule has 2 aromatic carbocycles. The summed E-state index contributed by atoms with van der Waals surface area (Å²) in [5.41, 5.74) is 2.50. The van der Waals surface area contributed by atoms with E-state index in [1.54, 1.807) is 7.11 Å². The van der Waals surface area contributed by atoms with Gasteiger partial charge in [-0.2, -0.15) is 0 Å². The van der Waals surface area contributed by atoms with Gasteiger partial charge in [-0.1, -0.05) is 115 Å². The molecule has 0 radical (unpaired) electrons. The van der Waals surface area contributed by atoms with Crippen LogP contribution in [0.1, 0.15) is 120 Å². The highest BCUT2D eigenvalue weighted by Gasteiger charge is 2.21. The number of rotatable bonds is 22. The summed E-state index contributed by atoms with van der Waals surface area (Å²) >= 11 is 0. The number of aromatic nitrogens is 1. The average Bonchev–Trinajstić information content (AvgIpc) is 3.05. The second-order valence-electron chi connectivity index (χ2n) is 11.6. The van der Waals surface area contributed by atoms with E-state index in [1.165, 1.54) is 83.5 Å². The number of carbonyl (C=O) groups excluding carboxylic acids is 1. The van der Waals surface area contributed by atoms with Crippen LogP contribution in [0.25, 0.3) is 0 Å². The van der Waals surface area contributed by atoms with Gasteiger partial charge in [0, 0.05) is 11.8 Å². The number of para-hydroxylation sites is 1. The fraction of sp³-hybridized carbons (Fsp3) is 0.526. The third-order valence-corrected chi connectivity index (χ3v) is 8.11. The first-order valence-corrected chi connectivity index (χ1v) is 16.8. The number of nitrogens with zero attached hydrogens (tertiary/aromatic N) is 2. The third kappa shape index (κ3) is 13.6. The van der Waals surface area contributed by atoms with Crippen molar-refractivity contribution in [3.63, 3.8) is 0 Å². The topological polar surface area (TPSA) is 42.7 Å². The molecule has 0 fully saturated rings. The minimum atomic E-state index is -0.0360. The maximum Gasteiger partial charge on any atom is 0.264 e. The number of hydrogen-bond donors (Lipinski definition) is 0. The molecular formula is C38H55IN2O3. The SMILES string of the molecule is CCCCCCCCCCCCCCCCOc1ccc(CN(C(=O)c2ccc[n+](CC)c2)c2ccccc2)cc1OC.[I-]. The number of unbranched alkanes of at least 4 members (excludes halogenated alkanes) is 13. The summed E-state index contributed by atoms with van der Waals surface area (Å²) in [6, 6.07) is 19.6. The van der Waals surface area contributed by atoms with E-state index in [-0.39, 0.29) is 29.9 Å². The zero-order valence-corrected chi connectivity index (χ0v) is 29.6. The van der Waals surface area contributed by atoms with Crippen LogP contribution in [0.4, 0.5) is 5.69 Å². The number of methoxy groups -OCH3 is 1. The lowest BCUT2D eigenvalue weighted by atomic mass is 10.0. The van der Waals surface area contributed by atoms with Crippen molar-refractivity contribution < 1.29 is 42.8 Å². The Morgan fingerprint density at radius 1 is 0.727 bits per heavy atom. The van der Waals surface area contributed by atoms with Crippen molar-refractivity contribution in [2.45, 2.75) is 117 Å². The molecular weight excluding hydrogens is 659 g/mol. The Balaban J connectivity index is 0.00000675. The van der Waals surface area contributed by atoms with Crippen molar-refractivity contribution in [2.24, 2.45) is 0 Å². The molecule has 0 spiro atoms. The maximum atomic E-state index is 13.7. The van der Waals surface area contributed by atoms with Crippen molar-refractivity contribution in [3.05, 3.63) is 84.2 Å². The molecule has 0 unspecified atom stereocenters. The Morgan fingerprint density at radius 2 is 1.34 bits per heavy atom. The van der Waals surface area contributed by atoms with E-state index in [2.05, 4.69) is 13.8 Å². The highest BCUT2D eigenvalue weighted by atomic mass is 127. The summed E-state index contributed by atoms with van der Waals surface area (Å²) in [6.45, 7) is 6.28. The lowest BCUT2D eigenvalue weighted by Gasteiger charge is -2.23. The maximum absolute atomic E-state index is 13.7. The predicted molar refractivity (Wildman–Crippen MR) is 178 cm³/mol. The lowest BCUT2D eigenvalue weighted by Crippen LogP contribution is -3.00. The van der Waals surface area contributed by atoms with E-state index in [0.717, 1.165) is 30.0 Å². The van der Waals surface area contributed by atoms with E-state index in [9.17, 15) is 4.79 Å². The van der Waals surface area contributed by atoms with Gasteiger partial charge in [-0.15, -0.1) is 0 Å². The summed E-state index contributed by atoms with van der Waals surface area (Å²) in [4.78, 5) is 15.5. The summed E-state index contributed by atoms with van der Waals surface area (Å²) in [5, 5.41) is 0. The molecule has 3 aromatic rings. The van der Waals surface area contributed by atoms with Crippen LogP contribution in [0.5, 0.6) is 11.5 Å². The molecule has 0 N–H and O–H groups in total. The molecule has 6 heteroatoms. The van der Waals surface area contributed by atoms with E-state index in [1.807, 2.05) is 82.5 Å². The number of carbonyl (C=O) groups is 1. The van der Waals surface area contributed by atoms with E-state index < -0.39 is 0 Å². The van der Waals surface area contributed by atoms with Crippen LogP contribution in [0.15, 0.2) is 73.1 Å². The van der Waals surface area contributed by atoms with Gasteiger partial charge >= 0.3 is 0 Å². The number of halogens is 1. The predicted octanol–water partition coefficient (Wildman–Crippen LogP) is 6.71. The number of anilines is 1. The molecule has 3 rings (SSSR count). The second kappa shape index (κ2) is 22.8. The molecule has 0 aliphatic rings. The van der Waals surface area contributed by atoms with Gasteiger partial charge in [0.2, 0.25) is 0 Å². The van der Waals surface area contributed by atoms with Gasteiger partial charge < -0.3 is 38.4 Å². The number of hydrogen-bond acceptors (Lipinski definition) is 3. The van der Waals surface area contributed by atoms with Crippen LogP contribution in [0.3, 0.4) is 0 Å². The van der Waals surface area contributed by atoms with Crippen LogP contribution in [0.2, 0.25) is 0 Å². The first-order chi connectivity index (χ1) is 21.2. The van der Waals surface area contributed by atoms with E-state index in [4.69, 9.17) is 9.47 Å². The van der Waals surface area contributed by atoms with Crippen molar-refractivity contribution in [1.29, 1.82) is 0 Å². The van der Waals surface area contributed by atoms with Crippen LogP contribution >= 0.6 is 0 Å². The number of amides is 1. The zero-order valence-electron chi connectivity index (χ0n) is 27.4. The van der Waals surface area contributed by atoms with Crippen LogP contribution in [0, 0.1) is 0 Å². The molecule has 0 bridgehead atoms. The Bertz CT molecular complexity index is 1190. The van der Waals surface area contributed by atoms with E-state index in [0.29, 0.717) is 24.5 Å². The Morgan fingerprint density at radius 3 is 1.93 bits per heavy atom. The van der Waals surface area contributed by atoms with Crippen molar-refractivity contribution in [2.75, 3.05) is 18.6 Å². The molecule has 242 valence electrons. The standard InChI is InChI=1S/C38H55N2O3.HI/c1-4-6-7-8-9-10-11-12-13-14-15-16-17-21-29-43-36-27-26-33(30-37(36)42-3)31-40(35-24-19-18-20-25-35)38(41)34-23-22-28-39(5-2)32-34;/h18-20,22-28,30,32H,4-17,21,29,31H2,1-3H3;1H/q+1;/p-1. The first kappa shape index (κ1) is 37.6. The third-order valence-electron chi connectivity index (χ3n) is 8.11. The Kier molecular flexibility index (Phi) is 19.5. The zero-order chi connectivity index (χ0) is 30.5. The first-order valence-electron chi connectivity index (χ1n) is 16.8. The van der Waals surface area contributed by atoms with Gasteiger partial charge in [0.25, 0.3) is 5.91 Å². The van der Waals surface area contributed by atoms with Crippen LogP contribution < -0.4 is 42.9 Å². The summed E-state index contributed by atoms with van der Waals surface area (Å²) in [5.74, 6) is 1.42. The molecule has 0 aliphatic heterocycles. The number of benzene rings is 2. The molecule has 0 saturated heterocycles. The van der Waals surface area contributed by atoms with Crippen LogP contribution in [-0.2, 0) is 13.1 Å². The monoisotopic (exact) mass is 714 g/mol. The van der Waals surface area contributed by atoms with Crippen LogP contribution in [-0.4, -0.2) is 19.6 Å². The minimum absolute atomic E-state index is 0. The molecule has 1 heterocycles. The Hall–Kier alpha value is -2.61. The van der Waals surface area contributed by atoms with Crippen molar-refractivity contribution >= 4 is 11.6 Å². The molecule has 1 amide bonds. The molecule has 5 nitrogen and oxygen atoms in total. The second-order valence-corrected chi connectivity index (χ2v) is 11.6. The van der Waals surface area contributed by atoms with Crippen molar-refractivity contribution in [1.82, 2.24) is 0 Å². The molecule has 0 saturated carbocycles. The summed E-state index contributed by atoms with van der Waals surface area (Å²) in [7, 11) is 1.67. The smallest absolute Gasteiger partial charge is 0.264 e. The van der Waals surface area contributed by atoms with E-state index >= 15 is 0 Å². The fourth-order valence-electron chi connectivity index (χ4n) is 5.48. The van der Waals surface area contributed by atoms with Gasteiger partial charge in [0.1, 0.15) is 12.1 Å². The van der Waals surface area contributed by atoms with Gasteiger partial charge in [0.05, 0.1) is 20.3 Å². The van der Waals surface area contributed by atoms with Crippen molar-refractivity contribution in [3.8, 4) is 11.5 Å². The number of pyridine rings is 1. The summed E-state index contributed by atoms with van der Waals surface area (Å²) in [6.07, 6.45) is 22.7. The van der Waals surface area contributed by atoms with Gasteiger partial charge in [-0.3, -0.25) is 4.79 Å². The lowest BCUT2D eigenvalue weighted by molar-refractivity contribution is -0.693. The highest BCUT2D eigenvalue weighted by Crippen LogP contribution is 2.30. The Labute approximate surface area is 284 Å². The largest absolute Gasteiger partial charge is 1.00 e. The number of ether oxygens (including phenoxy) is 2. The van der Waals surface area contributed by atoms with Gasteiger partial charge in [0.15, 0.2) is 23.9 Å². The molecule has 0 aliphatic carbocycles. The highest BCUT2D eigenvalue weighted by molar-refractivity contribution is 6.05. The average molecular weight is 715 g/mol. The summed E-state index contributed by atoms with van der Waals surface area (Å²) < 4.78 is 13.8. The quantitative estimate of drug-likeness (QED) is 0.0661. The number of aryl methyl sites for hydroxylation is 1. The van der Waals surface area contributed by atoms with Gasteiger partial charge in [-0.05, 0) is 49.2 Å². The van der Waals surface area contributed by atoms with Gasteiger partial charge in [-0.25, -0.2) is 4.57 Å². The fourth-order valence-corrected chi connectivity index (χ4v) is 5.48. The normalized spacial score (nSPS) is 10.7. The molecule has 44 heavy (non-hydrogen) atoms.